The molecule has 0 bridgehead atoms. The Kier molecular flexibility index (Phi) is 8.92. The molecule has 0 fully saturated rings. The number of hydrazine groups is 1. The fourth-order valence-electron chi connectivity index (χ4n) is 0.299. The summed E-state index contributed by atoms with van der Waals surface area (Å²) in [5.41, 5.74) is 0. The van der Waals surface area contributed by atoms with Crippen LogP contribution in [0.1, 0.15) is 0 Å². The number of hydrogen-bond acceptors (Lipinski definition) is 3. The van der Waals surface area contributed by atoms with Crippen LogP contribution >= 0.6 is 0 Å². The molecule has 0 saturated heterocycles. The average Bonchev–Trinajstić information content (AvgIpc) is 1.87. The summed E-state index contributed by atoms with van der Waals surface area (Å²) in [6.07, 6.45) is 0. The summed E-state index contributed by atoms with van der Waals surface area (Å²) in [7, 11) is 1.39. The van der Waals surface area contributed by atoms with Gasteiger partial charge in [0.25, 0.3) is 0 Å². The quantitative estimate of drug-likeness (QED) is 0.234. The van der Waals surface area contributed by atoms with Crippen molar-refractivity contribution in [3.05, 3.63) is 5.21 Å². The van der Waals surface area contributed by atoms with Gasteiger partial charge in [-0.3, -0.25) is 0 Å². The maximum absolute atomic E-state index is 10.2. The SMILES string of the molecule is CN(CCO)/[N+]([O-])=N/O.[Na]. The minimum Gasteiger partial charge on any atom is -0.569 e. The Hall–Kier alpha value is -0.0400. The molecule has 0 aromatic heterocycles. The number of aliphatic hydroxyl groups excluding tert-OH is 1. The van der Waals surface area contributed by atoms with Gasteiger partial charge in [-0.2, -0.15) is 0 Å². The van der Waals surface area contributed by atoms with E-state index in [4.69, 9.17) is 10.3 Å². The zero-order chi connectivity index (χ0) is 7.28. The van der Waals surface area contributed by atoms with Crippen molar-refractivity contribution < 1.29 is 15.3 Å². The van der Waals surface area contributed by atoms with Crippen molar-refractivity contribution in [1.82, 2.24) is 5.01 Å². The third-order valence-corrected chi connectivity index (χ3v) is 0.792. The zero-order valence-corrected chi connectivity index (χ0v) is 8.06. The van der Waals surface area contributed by atoms with Crippen LogP contribution in [0.3, 0.4) is 0 Å². The molecule has 0 spiro atoms. The van der Waals surface area contributed by atoms with E-state index < -0.39 is 0 Å². The first-order chi connectivity index (χ1) is 4.22. The second kappa shape index (κ2) is 7.07. The molecule has 0 aromatic carbocycles. The maximum atomic E-state index is 10.2. The summed E-state index contributed by atoms with van der Waals surface area (Å²) >= 11 is 0. The van der Waals surface area contributed by atoms with Crippen molar-refractivity contribution in [1.29, 1.82) is 0 Å². The molecule has 7 heteroatoms. The van der Waals surface area contributed by atoms with Gasteiger partial charge in [-0.25, -0.2) is 0 Å². The number of aliphatic hydroxyl groups is 1. The molecule has 1 radical (unpaired) electrons. The second-order valence-electron chi connectivity index (χ2n) is 1.45. The van der Waals surface area contributed by atoms with E-state index in [0.29, 0.717) is 0 Å². The van der Waals surface area contributed by atoms with E-state index in [0.717, 1.165) is 5.01 Å². The van der Waals surface area contributed by atoms with E-state index in [1.165, 1.54) is 7.05 Å². The van der Waals surface area contributed by atoms with Crippen molar-refractivity contribution in [2.24, 2.45) is 5.28 Å². The standard InChI is InChI=1S/C3H9N3O3.Na/c1-5(2-3-7)6(9)4-8;/h7-8H,2-3H2,1H3;/b6-4-;. The molecule has 0 saturated carbocycles. The van der Waals surface area contributed by atoms with Gasteiger partial charge in [0.05, 0.1) is 25.2 Å². The first-order valence-electron chi connectivity index (χ1n) is 2.36. The van der Waals surface area contributed by atoms with Gasteiger partial charge in [0.2, 0.25) is 5.28 Å². The van der Waals surface area contributed by atoms with E-state index in [-0.39, 0.29) is 47.7 Å². The Bertz CT molecular complexity index is 109. The average molecular weight is 158 g/mol. The van der Waals surface area contributed by atoms with Gasteiger partial charge < -0.3 is 15.5 Å². The van der Waals surface area contributed by atoms with Gasteiger partial charge in [0.15, 0.2) is 0 Å². The van der Waals surface area contributed by atoms with Crippen molar-refractivity contribution >= 4 is 29.6 Å². The first-order valence-corrected chi connectivity index (χ1v) is 2.36. The number of nitrogens with zero attached hydrogens (tertiary/aromatic N) is 3. The fraction of sp³-hybridized carbons (Fsp3) is 1.00. The van der Waals surface area contributed by atoms with Gasteiger partial charge in [-0.15, -0.1) is 5.01 Å². The predicted octanol–water partition coefficient (Wildman–Crippen LogP) is -1.20. The van der Waals surface area contributed by atoms with Gasteiger partial charge in [0.1, 0.15) is 0 Å². The summed E-state index contributed by atoms with van der Waals surface area (Å²) in [5.74, 6) is 0. The van der Waals surface area contributed by atoms with Gasteiger partial charge >= 0.3 is 0 Å². The molecular formula is C3H9N3NaO3. The molecule has 10 heavy (non-hydrogen) atoms. The molecule has 2 N–H and O–H groups in total. The summed E-state index contributed by atoms with van der Waals surface area (Å²) in [4.78, 5) is -0.0176. The number of hydrogen-bond donors (Lipinski definition) is 2. The molecule has 0 atom stereocenters. The van der Waals surface area contributed by atoms with E-state index >= 15 is 0 Å². The second-order valence-corrected chi connectivity index (χ2v) is 1.45. The molecule has 0 aliphatic heterocycles. The first kappa shape index (κ1) is 12.6. The van der Waals surface area contributed by atoms with Crippen LogP contribution in [-0.4, -0.2) is 70.0 Å². The fourth-order valence-corrected chi connectivity index (χ4v) is 0.299. The Morgan fingerprint density at radius 3 is 2.50 bits per heavy atom. The van der Waals surface area contributed by atoms with Crippen molar-refractivity contribution in [2.45, 2.75) is 0 Å². The molecular weight excluding hydrogens is 149 g/mol. The Morgan fingerprint density at radius 2 is 2.20 bits per heavy atom. The smallest absolute Gasteiger partial charge is 0.230 e. The van der Waals surface area contributed by atoms with E-state index in [9.17, 15) is 5.21 Å². The molecule has 0 unspecified atom stereocenters. The molecule has 0 rings (SSSR count). The van der Waals surface area contributed by atoms with Crippen molar-refractivity contribution in [3.63, 3.8) is 0 Å². The predicted molar refractivity (Wildman–Crippen MR) is 33.3 cm³/mol. The van der Waals surface area contributed by atoms with Crippen LogP contribution in [0.15, 0.2) is 5.28 Å². The van der Waals surface area contributed by atoms with Crippen LogP contribution < -0.4 is 0 Å². The van der Waals surface area contributed by atoms with Crippen molar-refractivity contribution in [2.75, 3.05) is 20.2 Å². The zero-order valence-electron chi connectivity index (χ0n) is 6.06. The topological polar surface area (TPSA) is 82.1 Å². The minimum atomic E-state index is -0.148. The number of likely N-dealkylation sites (N-methyl/N-ethyl adjacent to an activating group) is 1. The molecule has 0 aromatic rings. The van der Waals surface area contributed by atoms with Gasteiger partial charge in [0, 0.05) is 29.6 Å². The Morgan fingerprint density at radius 1 is 1.70 bits per heavy atom. The van der Waals surface area contributed by atoms with Crippen LogP contribution in [0, 0.1) is 5.21 Å². The van der Waals surface area contributed by atoms with Crippen molar-refractivity contribution in [3.8, 4) is 0 Å². The summed E-state index contributed by atoms with van der Waals surface area (Å²) in [6, 6.07) is 0. The van der Waals surface area contributed by atoms with Crippen LogP contribution in [0.2, 0.25) is 0 Å². The van der Waals surface area contributed by atoms with Crippen LogP contribution in [0.5, 0.6) is 0 Å². The third kappa shape index (κ3) is 4.80. The Labute approximate surface area is 80.6 Å². The molecule has 6 nitrogen and oxygen atoms in total. The largest absolute Gasteiger partial charge is 0.569 e. The molecule has 0 amide bonds. The minimum absolute atomic E-state index is 0. The summed E-state index contributed by atoms with van der Waals surface area (Å²) < 4.78 is 0. The molecule has 0 heterocycles. The van der Waals surface area contributed by atoms with E-state index in [1.807, 2.05) is 0 Å². The summed E-state index contributed by atoms with van der Waals surface area (Å²) in [5, 5.41) is 29.6. The van der Waals surface area contributed by atoms with Crippen LogP contribution in [0.25, 0.3) is 0 Å². The summed E-state index contributed by atoms with van der Waals surface area (Å²) in [6.45, 7) is -0.00167. The van der Waals surface area contributed by atoms with Crippen LogP contribution in [-0.2, 0) is 0 Å². The van der Waals surface area contributed by atoms with Gasteiger partial charge in [-0.1, -0.05) is 0 Å². The molecule has 0 aliphatic carbocycles. The third-order valence-electron chi connectivity index (χ3n) is 0.792. The molecule has 0 aliphatic rings. The van der Waals surface area contributed by atoms with Gasteiger partial charge in [-0.05, 0) is 0 Å². The molecule has 55 valence electrons. The maximum Gasteiger partial charge on any atom is 0.230 e. The number of rotatable bonds is 3. The van der Waals surface area contributed by atoms with E-state index in [1.54, 1.807) is 0 Å². The Balaban J connectivity index is 0. The normalized spacial score (nSPS) is 10.4. The van der Waals surface area contributed by atoms with Crippen LogP contribution in [0.4, 0.5) is 0 Å². The monoisotopic (exact) mass is 158 g/mol. The van der Waals surface area contributed by atoms with E-state index in [2.05, 4.69) is 5.28 Å².